The smallest absolute Gasteiger partial charge is 0.270 e. The highest BCUT2D eigenvalue weighted by molar-refractivity contribution is 9.10. The van der Waals surface area contributed by atoms with Crippen molar-refractivity contribution < 1.29 is 9.21 Å². The number of nitrogens with zero attached hydrogens (tertiary/aromatic N) is 1. The molecule has 134 valence electrons. The van der Waals surface area contributed by atoms with Crippen molar-refractivity contribution in [1.29, 1.82) is 0 Å². The Morgan fingerprint density at radius 3 is 2.52 bits per heavy atom. The van der Waals surface area contributed by atoms with Crippen LogP contribution in [0.1, 0.15) is 5.76 Å². The van der Waals surface area contributed by atoms with Crippen molar-refractivity contribution in [3.63, 3.8) is 0 Å². The number of rotatable bonds is 3. The number of hydrogen-bond donors (Lipinski definition) is 0. The first-order valence-electron chi connectivity index (χ1n) is 7.90. The van der Waals surface area contributed by atoms with E-state index in [1.54, 1.807) is 6.08 Å². The van der Waals surface area contributed by atoms with E-state index in [-0.39, 0.29) is 5.91 Å². The highest BCUT2D eigenvalue weighted by atomic mass is 79.9. The first kappa shape index (κ1) is 18.7. The lowest BCUT2D eigenvalue weighted by Crippen LogP contribution is -2.27. The summed E-state index contributed by atoms with van der Waals surface area (Å²) >= 11 is 13.5. The molecule has 0 atom stereocenters. The lowest BCUT2D eigenvalue weighted by atomic mass is 10.2. The monoisotopic (exact) mass is 519 g/mol. The normalized spacial score (nSPS) is 15.8. The van der Waals surface area contributed by atoms with E-state index in [1.165, 1.54) is 16.7 Å². The Morgan fingerprint density at radius 2 is 1.78 bits per heavy atom. The van der Waals surface area contributed by atoms with E-state index in [0.29, 0.717) is 15.0 Å². The molecule has 0 bridgehead atoms. The summed E-state index contributed by atoms with van der Waals surface area (Å²) in [7, 11) is 0. The highest BCUT2D eigenvalue weighted by Gasteiger charge is 2.33. The molecule has 3 aromatic rings. The molecule has 2 aromatic carbocycles. The van der Waals surface area contributed by atoms with Crippen molar-refractivity contribution in [3.05, 3.63) is 80.3 Å². The summed E-state index contributed by atoms with van der Waals surface area (Å²) in [6, 6.07) is 19.1. The standard InChI is InChI=1S/C20H11Br2NO2S2/c21-13-6-4-12(5-7-13)17-9-8-16(25-17)11-18-19(24)23(20(26)27-18)15-3-1-2-14(22)10-15/h1-11H/b18-11+. The van der Waals surface area contributed by atoms with Gasteiger partial charge in [-0.05, 0) is 42.5 Å². The van der Waals surface area contributed by atoms with Gasteiger partial charge < -0.3 is 4.42 Å². The van der Waals surface area contributed by atoms with Crippen LogP contribution < -0.4 is 4.90 Å². The summed E-state index contributed by atoms with van der Waals surface area (Å²) in [6.45, 7) is 0. The summed E-state index contributed by atoms with van der Waals surface area (Å²) in [6.07, 6.45) is 1.74. The fourth-order valence-electron chi connectivity index (χ4n) is 2.63. The Kier molecular flexibility index (Phi) is 5.36. The van der Waals surface area contributed by atoms with Gasteiger partial charge in [0.05, 0.1) is 10.6 Å². The number of thioether (sulfide) groups is 1. The third-order valence-electron chi connectivity index (χ3n) is 3.89. The van der Waals surface area contributed by atoms with Crippen molar-refractivity contribution in [3.8, 4) is 11.3 Å². The molecular formula is C20H11Br2NO2S2. The number of hydrogen-bond acceptors (Lipinski definition) is 4. The number of carbonyl (C=O) groups excluding carboxylic acids is 1. The van der Waals surface area contributed by atoms with E-state index >= 15 is 0 Å². The van der Waals surface area contributed by atoms with E-state index in [1.807, 2.05) is 60.7 Å². The molecule has 1 saturated heterocycles. The van der Waals surface area contributed by atoms with Crippen LogP contribution in [0.15, 0.2) is 78.9 Å². The molecule has 1 aliphatic heterocycles. The quantitative estimate of drug-likeness (QED) is 0.278. The molecule has 2 heterocycles. The van der Waals surface area contributed by atoms with Gasteiger partial charge >= 0.3 is 0 Å². The summed E-state index contributed by atoms with van der Waals surface area (Å²) in [5.74, 6) is 1.21. The molecule has 7 heteroatoms. The van der Waals surface area contributed by atoms with E-state index in [4.69, 9.17) is 16.6 Å². The van der Waals surface area contributed by atoms with Gasteiger partial charge in [-0.15, -0.1) is 0 Å². The third kappa shape index (κ3) is 3.96. The van der Waals surface area contributed by atoms with E-state index < -0.39 is 0 Å². The van der Waals surface area contributed by atoms with Crippen LogP contribution in [0.5, 0.6) is 0 Å². The maximum atomic E-state index is 12.8. The lowest BCUT2D eigenvalue weighted by molar-refractivity contribution is -0.113. The number of thiocarbonyl (C=S) groups is 1. The van der Waals surface area contributed by atoms with Gasteiger partial charge in [0.15, 0.2) is 4.32 Å². The zero-order valence-corrected chi connectivity index (χ0v) is 18.5. The van der Waals surface area contributed by atoms with Gasteiger partial charge in [0.25, 0.3) is 5.91 Å². The van der Waals surface area contributed by atoms with Crippen LogP contribution >= 0.6 is 55.8 Å². The largest absolute Gasteiger partial charge is 0.457 e. The molecule has 1 fully saturated rings. The summed E-state index contributed by atoms with van der Waals surface area (Å²) in [5, 5.41) is 0. The minimum atomic E-state index is -0.148. The predicted octanol–water partition coefficient (Wildman–Crippen LogP) is 6.88. The van der Waals surface area contributed by atoms with Crippen molar-refractivity contribution >= 4 is 77.8 Å². The third-order valence-corrected chi connectivity index (χ3v) is 6.21. The fourth-order valence-corrected chi connectivity index (χ4v) is 4.57. The Morgan fingerprint density at radius 1 is 1.00 bits per heavy atom. The van der Waals surface area contributed by atoms with Crippen molar-refractivity contribution in [2.24, 2.45) is 0 Å². The zero-order valence-electron chi connectivity index (χ0n) is 13.7. The number of amides is 1. The number of carbonyl (C=O) groups is 1. The van der Waals surface area contributed by atoms with E-state index in [9.17, 15) is 4.79 Å². The minimum Gasteiger partial charge on any atom is -0.457 e. The van der Waals surface area contributed by atoms with E-state index in [2.05, 4.69) is 31.9 Å². The SMILES string of the molecule is O=C1/C(=C\c2ccc(-c3ccc(Br)cc3)o2)SC(=S)N1c1cccc(Br)c1. The molecule has 27 heavy (non-hydrogen) atoms. The molecule has 0 radical (unpaired) electrons. The molecule has 1 aliphatic rings. The number of benzene rings is 2. The van der Waals surface area contributed by atoms with Crippen LogP contribution in [0.3, 0.4) is 0 Å². The molecule has 0 unspecified atom stereocenters. The van der Waals surface area contributed by atoms with Crippen LogP contribution in [0.25, 0.3) is 17.4 Å². The first-order valence-corrected chi connectivity index (χ1v) is 10.7. The Bertz CT molecular complexity index is 1070. The van der Waals surface area contributed by atoms with Gasteiger partial charge in [0.2, 0.25) is 0 Å². The van der Waals surface area contributed by atoms with Gasteiger partial charge in [-0.1, -0.05) is 74.0 Å². The molecular weight excluding hydrogens is 510 g/mol. The van der Waals surface area contributed by atoms with Crippen LogP contribution in [-0.2, 0) is 4.79 Å². The summed E-state index contributed by atoms with van der Waals surface area (Å²) in [5.41, 5.74) is 1.71. The van der Waals surface area contributed by atoms with Crippen LogP contribution in [0.2, 0.25) is 0 Å². The first-order chi connectivity index (χ1) is 13.0. The van der Waals surface area contributed by atoms with Gasteiger partial charge in [-0.25, -0.2) is 0 Å². The topological polar surface area (TPSA) is 33.5 Å². The van der Waals surface area contributed by atoms with Crippen LogP contribution in [0, 0.1) is 0 Å². The lowest BCUT2D eigenvalue weighted by Gasteiger charge is -2.14. The van der Waals surface area contributed by atoms with Crippen LogP contribution in [0.4, 0.5) is 5.69 Å². The highest BCUT2D eigenvalue weighted by Crippen LogP contribution is 2.37. The molecule has 1 amide bonds. The second-order valence-corrected chi connectivity index (χ2v) is 9.21. The second kappa shape index (κ2) is 7.75. The summed E-state index contributed by atoms with van der Waals surface area (Å²) < 4.78 is 8.29. The van der Waals surface area contributed by atoms with Gasteiger partial charge in [-0.2, -0.15) is 0 Å². The molecule has 0 N–H and O–H groups in total. The van der Waals surface area contributed by atoms with Crippen LogP contribution in [-0.4, -0.2) is 10.2 Å². The fraction of sp³-hybridized carbons (Fsp3) is 0. The Hall–Kier alpha value is -1.67. The van der Waals surface area contributed by atoms with Crippen molar-refractivity contribution in [2.45, 2.75) is 0 Å². The second-order valence-electron chi connectivity index (χ2n) is 5.71. The Balaban J connectivity index is 1.61. The molecule has 3 nitrogen and oxygen atoms in total. The molecule has 0 spiro atoms. The molecule has 1 aromatic heterocycles. The zero-order chi connectivity index (χ0) is 19.0. The van der Waals surface area contributed by atoms with Gasteiger partial charge in [0, 0.05) is 20.6 Å². The van der Waals surface area contributed by atoms with Gasteiger partial charge in [-0.3, -0.25) is 9.69 Å². The predicted molar refractivity (Wildman–Crippen MR) is 122 cm³/mol. The minimum absolute atomic E-state index is 0.148. The maximum absolute atomic E-state index is 12.8. The van der Waals surface area contributed by atoms with Crippen molar-refractivity contribution in [1.82, 2.24) is 0 Å². The van der Waals surface area contributed by atoms with Gasteiger partial charge in [0.1, 0.15) is 11.5 Å². The average Bonchev–Trinajstić information content (AvgIpc) is 3.21. The average molecular weight is 521 g/mol. The number of furan rings is 1. The maximum Gasteiger partial charge on any atom is 0.270 e. The molecule has 4 rings (SSSR count). The summed E-state index contributed by atoms with van der Waals surface area (Å²) in [4.78, 5) is 14.9. The molecule has 0 saturated carbocycles. The van der Waals surface area contributed by atoms with Crippen molar-refractivity contribution in [2.75, 3.05) is 4.90 Å². The Labute approximate surface area is 182 Å². The number of halogens is 2. The van der Waals surface area contributed by atoms with E-state index in [0.717, 1.165) is 26.0 Å². The number of anilines is 1. The molecule has 0 aliphatic carbocycles.